The van der Waals surface area contributed by atoms with E-state index in [2.05, 4.69) is 21.2 Å². The van der Waals surface area contributed by atoms with Gasteiger partial charge < -0.3 is 5.32 Å². The first-order valence-corrected chi connectivity index (χ1v) is 3.92. The third kappa shape index (κ3) is 3.46. The number of nitrogens with zero attached hydrogens (tertiary/aromatic N) is 1. The molecule has 0 bridgehead atoms. The lowest BCUT2D eigenvalue weighted by atomic mass is 10.3. The van der Waals surface area contributed by atoms with Crippen molar-refractivity contribution in [1.29, 1.82) is 5.26 Å². The summed E-state index contributed by atoms with van der Waals surface area (Å²) < 4.78 is 0. The average Bonchev–Trinajstić information content (AvgIpc) is 1.98. The van der Waals surface area contributed by atoms with E-state index >= 15 is 0 Å². The highest BCUT2D eigenvalue weighted by Crippen LogP contribution is 2.02. The molecule has 1 unspecified atom stereocenters. The van der Waals surface area contributed by atoms with Crippen LogP contribution in [0.2, 0.25) is 0 Å². The van der Waals surface area contributed by atoms with Gasteiger partial charge in [0.15, 0.2) is 0 Å². The molecule has 0 aromatic rings. The molecule has 0 saturated carbocycles. The molecule has 0 aliphatic rings. The lowest BCUT2D eigenvalue weighted by Gasteiger charge is -2.03. The van der Waals surface area contributed by atoms with Gasteiger partial charge in [-0.05, 0) is 6.42 Å². The quantitative estimate of drug-likeness (QED) is 0.547. The van der Waals surface area contributed by atoms with Gasteiger partial charge in [-0.25, -0.2) is 0 Å². The molecule has 1 amide bonds. The van der Waals surface area contributed by atoms with Gasteiger partial charge in [0.05, 0.1) is 10.9 Å². The molecule has 0 aliphatic heterocycles. The Hall–Kier alpha value is -0.560. The van der Waals surface area contributed by atoms with Crippen LogP contribution in [-0.2, 0) is 4.79 Å². The molecular weight excluding hydrogens is 196 g/mol. The molecule has 0 saturated heterocycles. The number of carbonyl (C=O) groups excluding carboxylic acids is 1. The van der Waals surface area contributed by atoms with Crippen molar-refractivity contribution in [2.24, 2.45) is 0 Å². The van der Waals surface area contributed by atoms with Gasteiger partial charge >= 0.3 is 0 Å². The lowest BCUT2D eigenvalue weighted by Crippen LogP contribution is -2.30. The molecule has 0 rings (SSSR count). The molecule has 0 aliphatic carbocycles. The Balaban J connectivity index is 3.54. The Labute approximate surface area is 68.5 Å². The van der Waals surface area contributed by atoms with Crippen LogP contribution >= 0.6 is 15.9 Å². The van der Waals surface area contributed by atoms with Crippen LogP contribution in [-0.4, -0.2) is 17.3 Å². The molecule has 0 fully saturated rings. The number of nitriles is 1. The van der Waals surface area contributed by atoms with Gasteiger partial charge in [0.1, 0.15) is 6.54 Å². The summed E-state index contributed by atoms with van der Waals surface area (Å²) in [7, 11) is 0. The van der Waals surface area contributed by atoms with Gasteiger partial charge in [-0.1, -0.05) is 22.9 Å². The van der Waals surface area contributed by atoms with E-state index in [1.807, 2.05) is 13.0 Å². The van der Waals surface area contributed by atoms with Crippen molar-refractivity contribution in [2.75, 3.05) is 6.54 Å². The van der Waals surface area contributed by atoms with Crippen LogP contribution in [0.1, 0.15) is 13.3 Å². The molecule has 1 atom stereocenters. The molecule has 0 aromatic heterocycles. The molecule has 3 nitrogen and oxygen atoms in total. The van der Waals surface area contributed by atoms with Gasteiger partial charge in [-0.15, -0.1) is 0 Å². The molecular formula is C6H9BrN2O. The topological polar surface area (TPSA) is 52.9 Å². The highest BCUT2D eigenvalue weighted by molar-refractivity contribution is 9.10. The second-order valence-corrected chi connectivity index (χ2v) is 2.86. The summed E-state index contributed by atoms with van der Waals surface area (Å²) in [5, 5.41) is 10.5. The van der Waals surface area contributed by atoms with Crippen LogP contribution in [0.25, 0.3) is 0 Å². The van der Waals surface area contributed by atoms with E-state index in [1.165, 1.54) is 0 Å². The molecule has 4 heteroatoms. The average molecular weight is 205 g/mol. The molecule has 10 heavy (non-hydrogen) atoms. The first kappa shape index (κ1) is 9.44. The zero-order valence-electron chi connectivity index (χ0n) is 5.72. The van der Waals surface area contributed by atoms with E-state index in [0.29, 0.717) is 0 Å². The monoisotopic (exact) mass is 204 g/mol. The molecule has 0 heterocycles. The third-order valence-electron chi connectivity index (χ3n) is 0.985. The molecule has 0 radical (unpaired) electrons. The number of hydrogen-bond donors (Lipinski definition) is 1. The molecule has 1 N–H and O–H groups in total. The summed E-state index contributed by atoms with van der Waals surface area (Å²) in [4.78, 5) is 10.7. The van der Waals surface area contributed by atoms with E-state index in [0.717, 1.165) is 6.42 Å². The van der Waals surface area contributed by atoms with Gasteiger partial charge in [-0.3, -0.25) is 4.79 Å². The Morgan fingerprint density at radius 3 is 2.90 bits per heavy atom. The van der Waals surface area contributed by atoms with Crippen molar-refractivity contribution in [1.82, 2.24) is 5.32 Å². The lowest BCUT2D eigenvalue weighted by molar-refractivity contribution is -0.120. The number of hydrogen-bond acceptors (Lipinski definition) is 2. The highest BCUT2D eigenvalue weighted by Gasteiger charge is 2.09. The fraction of sp³-hybridized carbons (Fsp3) is 0.667. The first-order chi connectivity index (χ1) is 4.72. The van der Waals surface area contributed by atoms with Crippen LogP contribution in [0.4, 0.5) is 0 Å². The largest absolute Gasteiger partial charge is 0.342 e. The van der Waals surface area contributed by atoms with Gasteiger partial charge in [0, 0.05) is 0 Å². The second kappa shape index (κ2) is 5.24. The van der Waals surface area contributed by atoms with E-state index in [1.54, 1.807) is 0 Å². The number of rotatable bonds is 3. The fourth-order valence-electron chi connectivity index (χ4n) is 0.423. The minimum absolute atomic E-state index is 0.0843. The molecule has 0 aromatic carbocycles. The number of carbonyl (C=O) groups is 1. The van der Waals surface area contributed by atoms with Crippen LogP contribution in [0, 0.1) is 11.3 Å². The standard InChI is InChI=1S/C6H9BrN2O/c1-2-5(7)6(10)9-4-3-8/h5H,2,4H2,1H3,(H,9,10). The van der Waals surface area contributed by atoms with Crippen LogP contribution in [0.5, 0.6) is 0 Å². The zero-order chi connectivity index (χ0) is 7.98. The zero-order valence-corrected chi connectivity index (χ0v) is 7.31. The predicted octanol–water partition coefficient (Wildman–Crippen LogP) is 0.800. The maximum Gasteiger partial charge on any atom is 0.234 e. The number of alkyl halides is 1. The highest BCUT2D eigenvalue weighted by atomic mass is 79.9. The van der Waals surface area contributed by atoms with Crippen LogP contribution in [0.3, 0.4) is 0 Å². The summed E-state index contributed by atoms with van der Waals surface area (Å²) in [5.74, 6) is -0.121. The van der Waals surface area contributed by atoms with Crippen molar-refractivity contribution in [3.63, 3.8) is 0 Å². The number of amides is 1. The Bertz CT molecular complexity index is 152. The Morgan fingerprint density at radius 2 is 2.50 bits per heavy atom. The second-order valence-electron chi connectivity index (χ2n) is 1.75. The SMILES string of the molecule is CCC(Br)C(=O)NCC#N. The van der Waals surface area contributed by atoms with E-state index in [9.17, 15) is 4.79 Å². The van der Waals surface area contributed by atoms with E-state index in [4.69, 9.17) is 5.26 Å². The van der Waals surface area contributed by atoms with Crippen molar-refractivity contribution in [3.8, 4) is 6.07 Å². The smallest absolute Gasteiger partial charge is 0.234 e. The van der Waals surface area contributed by atoms with Crippen molar-refractivity contribution in [3.05, 3.63) is 0 Å². The van der Waals surface area contributed by atoms with E-state index in [-0.39, 0.29) is 17.3 Å². The third-order valence-corrected chi connectivity index (χ3v) is 2.05. The van der Waals surface area contributed by atoms with Crippen molar-refractivity contribution >= 4 is 21.8 Å². The van der Waals surface area contributed by atoms with Gasteiger partial charge in [0.25, 0.3) is 0 Å². The minimum atomic E-state index is -0.166. The maximum absolute atomic E-state index is 10.8. The molecule has 56 valence electrons. The van der Waals surface area contributed by atoms with Crippen molar-refractivity contribution in [2.45, 2.75) is 18.2 Å². The van der Waals surface area contributed by atoms with Gasteiger partial charge in [0.2, 0.25) is 5.91 Å². The number of nitrogens with one attached hydrogen (secondary N) is 1. The van der Waals surface area contributed by atoms with Crippen LogP contribution < -0.4 is 5.32 Å². The van der Waals surface area contributed by atoms with E-state index < -0.39 is 0 Å². The van der Waals surface area contributed by atoms with Crippen molar-refractivity contribution < 1.29 is 4.79 Å². The minimum Gasteiger partial charge on any atom is -0.342 e. The Morgan fingerprint density at radius 1 is 1.90 bits per heavy atom. The summed E-state index contributed by atoms with van der Waals surface area (Å²) in [5.41, 5.74) is 0. The number of halogens is 1. The first-order valence-electron chi connectivity index (χ1n) is 3.01. The summed E-state index contributed by atoms with van der Waals surface area (Å²) in [6.07, 6.45) is 0.733. The summed E-state index contributed by atoms with van der Waals surface area (Å²) >= 11 is 3.15. The molecule has 0 spiro atoms. The van der Waals surface area contributed by atoms with Crippen LogP contribution in [0.15, 0.2) is 0 Å². The normalized spacial score (nSPS) is 11.7. The predicted molar refractivity (Wildman–Crippen MR) is 41.6 cm³/mol. The Kier molecular flexibility index (Phi) is 4.95. The maximum atomic E-state index is 10.8. The fourth-order valence-corrected chi connectivity index (χ4v) is 0.585. The summed E-state index contributed by atoms with van der Waals surface area (Å²) in [6.45, 7) is 1.98. The summed E-state index contributed by atoms with van der Waals surface area (Å²) in [6, 6.07) is 1.82. The van der Waals surface area contributed by atoms with Gasteiger partial charge in [-0.2, -0.15) is 5.26 Å².